The van der Waals surface area contributed by atoms with Crippen LogP contribution in [0.3, 0.4) is 0 Å². The van der Waals surface area contributed by atoms with Crippen molar-refractivity contribution in [3.8, 4) is 0 Å². The summed E-state index contributed by atoms with van der Waals surface area (Å²) >= 11 is 0. The van der Waals surface area contributed by atoms with Crippen LogP contribution in [0.5, 0.6) is 0 Å². The van der Waals surface area contributed by atoms with Crippen LogP contribution in [0.4, 0.5) is 5.69 Å². The number of nitrogens with zero attached hydrogens (tertiary/aromatic N) is 1. The van der Waals surface area contributed by atoms with E-state index in [1.165, 1.54) is 5.56 Å². The SMILES string of the molecule is CS(=O)(=O)Nc1ccccc1CC(=O)NC1CCCN(Cc2ccccc2)C1. The molecule has 3 rings (SSSR count). The van der Waals surface area contributed by atoms with E-state index in [4.69, 9.17) is 0 Å². The fourth-order valence-corrected chi connectivity index (χ4v) is 4.18. The Morgan fingerprint density at radius 1 is 1.11 bits per heavy atom. The summed E-state index contributed by atoms with van der Waals surface area (Å²) in [6.07, 6.45) is 3.26. The van der Waals surface area contributed by atoms with Gasteiger partial charge in [-0.05, 0) is 36.6 Å². The van der Waals surface area contributed by atoms with Gasteiger partial charge in [-0.15, -0.1) is 0 Å². The lowest BCUT2D eigenvalue weighted by Gasteiger charge is -2.33. The second-order valence-electron chi connectivity index (χ2n) is 7.34. The van der Waals surface area contributed by atoms with Crippen LogP contribution in [0.2, 0.25) is 0 Å². The molecule has 150 valence electrons. The van der Waals surface area contributed by atoms with E-state index in [1.807, 2.05) is 18.2 Å². The van der Waals surface area contributed by atoms with Crippen LogP contribution < -0.4 is 10.0 Å². The molecule has 0 aliphatic carbocycles. The first-order chi connectivity index (χ1) is 13.4. The van der Waals surface area contributed by atoms with Gasteiger partial charge in [0, 0.05) is 19.1 Å². The summed E-state index contributed by atoms with van der Waals surface area (Å²) in [7, 11) is -3.39. The van der Waals surface area contributed by atoms with Crippen molar-refractivity contribution in [3.05, 3.63) is 65.7 Å². The number of hydrogen-bond donors (Lipinski definition) is 2. The maximum absolute atomic E-state index is 12.6. The van der Waals surface area contributed by atoms with E-state index in [-0.39, 0.29) is 18.4 Å². The molecule has 0 aromatic heterocycles. The topological polar surface area (TPSA) is 78.5 Å². The zero-order valence-electron chi connectivity index (χ0n) is 16.1. The van der Waals surface area contributed by atoms with E-state index >= 15 is 0 Å². The number of nitrogens with one attached hydrogen (secondary N) is 2. The maximum atomic E-state index is 12.6. The summed E-state index contributed by atoms with van der Waals surface area (Å²) in [5, 5.41) is 3.12. The highest BCUT2D eigenvalue weighted by molar-refractivity contribution is 7.92. The zero-order chi connectivity index (χ0) is 20.0. The number of sulfonamides is 1. The Labute approximate surface area is 167 Å². The summed E-state index contributed by atoms with van der Waals surface area (Å²) in [6.45, 7) is 2.74. The molecule has 1 fully saturated rings. The standard InChI is InChI=1S/C21H27N3O3S/c1-28(26,27)23-20-12-6-5-10-18(20)14-21(25)22-19-11-7-13-24(16-19)15-17-8-3-2-4-9-17/h2-6,8-10,12,19,23H,7,11,13-16H2,1H3,(H,22,25). The van der Waals surface area contributed by atoms with Crippen molar-refractivity contribution in [1.29, 1.82) is 0 Å². The first-order valence-corrected chi connectivity index (χ1v) is 11.4. The Morgan fingerprint density at radius 2 is 1.82 bits per heavy atom. The van der Waals surface area contributed by atoms with Gasteiger partial charge in [0.1, 0.15) is 0 Å². The first-order valence-electron chi connectivity index (χ1n) is 9.50. The van der Waals surface area contributed by atoms with Gasteiger partial charge in [0.25, 0.3) is 0 Å². The van der Waals surface area contributed by atoms with E-state index in [0.717, 1.165) is 38.7 Å². The highest BCUT2D eigenvalue weighted by Crippen LogP contribution is 2.18. The number of hydrogen-bond acceptors (Lipinski definition) is 4. The number of carbonyl (C=O) groups excluding carboxylic acids is 1. The third kappa shape index (κ3) is 6.35. The predicted octanol–water partition coefficient (Wildman–Crippen LogP) is 2.38. The fraction of sp³-hybridized carbons (Fsp3) is 0.381. The summed E-state index contributed by atoms with van der Waals surface area (Å²) < 4.78 is 25.5. The molecule has 1 unspecified atom stereocenters. The molecule has 1 atom stereocenters. The molecule has 2 N–H and O–H groups in total. The molecule has 2 aromatic rings. The normalized spacial score (nSPS) is 17.8. The average molecular weight is 402 g/mol. The molecule has 1 heterocycles. The lowest BCUT2D eigenvalue weighted by molar-refractivity contribution is -0.121. The van der Waals surface area contributed by atoms with E-state index in [2.05, 4.69) is 27.1 Å². The molecule has 1 aliphatic heterocycles. The molecule has 0 spiro atoms. The lowest BCUT2D eigenvalue weighted by atomic mass is 10.0. The number of piperidine rings is 1. The number of amides is 1. The van der Waals surface area contributed by atoms with E-state index < -0.39 is 10.0 Å². The second-order valence-corrected chi connectivity index (χ2v) is 9.08. The van der Waals surface area contributed by atoms with Gasteiger partial charge in [-0.1, -0.05) is 48.5 Å². The Hall–Kier alpha value is -2.38. The highest BCUT2D eigenvalue weighted by atomic mass is 32.2. The van der Waals surface area contributed by atoms with E-state index in [1.54, 1.807) is 24.3 Å². The van der Waals surface area contributed by atoms with Crippen molar-refractivity contribution in [1.82, 2.24) is 10.2 Å². The Bertz CT molecular complexity index is 900. The lowest BCUT2D eigenvalue weighted by Crippen LogP contribution is -2.47. The molecule has 1 amide bonds. The number of benzene rings is 2. The van der Waals surface area contributed by atoms with Crippen LogP contribution in [0.15, 0.2) is 54.6 Å². The van der Waals surface area contributed by atoms with E-state index in [0.29, 0.717) is 11.3 Å². The van der Waals surface area contributed by atoms with Gasteiger partial charge in [0.15, 0.2) is 0 Å². The monoisotopic (exact) mass is 401 g/mol. The summed E-state index contributed by atoms with van der Waals surface area (Å²) in [5.41, 5.74) is 2.40. The van der Waals surface area contributed by atoms with Crippen molar-refractivity contribution in [3.63, 3.8) is 0 Å². The zero-order valence-corrected chi connectivity index (χ0v) is 16.9. The third-order valence-electron chi connectivity index (χ3n) is 4.78. The van der Waals surface area contributed by atoms with Crippen LogP contribution in [0.25, 0.3) is 0 Å². The number of carbonyl (C=O) groups is 1. The third-order valence-corrected chi connectivity index (χ3v) is 5.37. The molecule has 0 bridgehead atoms. The molecule has 0 saturated carbocycles. The Morgan fingerprint density at radius 3 is 2.57 bits per heavy atom. The maximum Gasteiger partial charge on any atom is 0.229 e. The van der Waals surface area contributed by atoms with Crippen molar-refractivity contribution in [2.24, 2.45) is 0 Å². The van der Waals surface area contributed by atoms with Crippen LogP contribution in [0.1, 0.15) is 24.0 Å². The van der Waals surface area contributed by atoms with Gasteiger partial charge in [-0.25, -0.2) is 8.42 Å². The smallest absolute Gasteiger partial charge is 0.229 e. The number of likely N-dealkylation sites (tertiary alicyclic amines) is 1. The van der Waals surface area contributed by atoms with Gasteiger partial charge in [-0.2, -0.15) is 0 Å². The van der Waals surface area contributed by atoms with Crippen LogP contribution in [-0.2, 0) is 27.8 Å². The van der Waals surface area contributed by atoms with Crippen LogP contribution >= 0.6 is 0 Å². The summed E-state index contributed by atoms with van der Waals surface area (Å²) in [6, 6.07) is 17.4. The second kappa shape index (κ2) is 9.21. The summed E-state index contributed by atoms with van der Waals surface area (Å²) in [4.78, 5) is 14.9. The number of anilines is 1. The molecule has 1 saturated heterocycles. The molecular weight excluding hydrogens is 374 g/mol. The van der Waals surface area contributed by atoms with Gasteiger partial charge in [-0.3, -0.25) is 14.4 Å². The molecular formula is C21H27N3O3S. The summed E-state index contributed by atoms with van der Waals surface area (Å²) in [5.74, 6) is -0.0886. The van der Waals surface area contributed by atoms with E-state index in [9.17, 15) is 13.2 Å². The van der Waals surface area contributed by atoms with Crippen LogP contribution in [-0.4, -0.2) is 44.6 Å². The number of rotatable bonds is 7. The fourth-order valence-electron chi connectivity index (χ4n) is 3.58. The quantitative estimate of drug-likeness (QED) is 0.747. The minimum atomic E-state index is -3.39. The Balaban J connectivity index is 1.56. The van der Waals surface area contributed by atoms with Gasteiger partial charge >= 0.3 is 0 Å². The van der Waals surface area contributed by atoms with Crippen molar-refractivity contribution in [2.45, 2.75) is 31.8 Å². The van der Waals surface area contributed by atoms with Crippen molar-refractivity contribution < 1.29 is 13.2 Å². The van der Waals surface area contributed by atoms with Gasteiger partial charge in [0.2, 0.25) is 15.9 Å². The molecule has 1 aliphatic rings. The van der Waals surface area contributed by atoms with Gasteiger partial charge in [0.05, 0.1) is 18.4 Å². The molecule has 2 aromatic carbocycles. The minimum absolute atomic E-state index is 0.0886. The average Bonchev–Trinajstić information content (AvgIpc) is 2.63. The Kier molecular flexibility index (Phi) is 6.70. The van der Waals surface area contributed by atoms with Crippen molar-refractivity contribution in [2.75, 3.05) is 24.1 Å². The molecule has 6 nitrogen and oxygen atoms in total. The van der Waals surface area contributed by atoms with Crippen molar-refractivity contribution >= 4 is 21.6 Å². The minimum Gasteiger partial charge on any atom is -0.352 e. The predicted molar refractivity (Wildman–Crippen MR) is 111 cm³/mol. The molecule has 0 radical (unpaired) electrons. The highest BCUT2D eigenvalue weighted by Gasteiger charge is 2.22. The van der Waals surface area contributed by atoms with Gasteiger partial charge < -0.3 is 5.32 Å². The van der Waals surface area contributed by atoms with Crippen LogP contribution in [0, 0.1) is 0 Å². The molecule has 28 heavy (non-hydrogen) atoms. The largest absolute Gasteiger partial charge is 0.352 e. The number of para-hydroxylation sites is 1. The first kappa shape index (κ1) is 20.4. The molecule has 7 heteroatoms.